The van der Waals surface area contributed by atoms with E-state index in [4.69, 9.17) is 0 Å². The molecule has 1 aliphatic carbocycles. The number of hydrogen-bond donors (Lipinski definition) is 1. The molecular formula is C15H20F3N. The van der Waals surface area contributed by atoms with E-state index in [-0.39, 0.29) is 17.5 Å². The molecule has 0 radical (unpaired) electrons. The first-order chi connectivity index (χ1) is 9.02. The first-order valence-corrected chi connectivity index (χ1v) is 6.84. The van der Waals surface area contributed by atoms with Gasteiger partial charge < -0.3 is 5.32 Å². The van der Waals surface area contributed by atoms with Crippen LogP contribution >= 0.6 is 0 Å². The van der Waals surface area contributed by atoms with E-state index in [1.165, 1.54) is 6.42 Å². The van der Waals surface area contributed by atoms with Gasteiger partial charge in [0.05, 0.1) is 0 Å². The van der Waals surface area contributed by atoms with E-state index in [9.17, 15) is 13.2 Å². The van der Waals surface area contributed by atoms with Crippen LogP contribution in [0.1, 0.15) is 44.2 Å². The molecule has 19 heavy (non-hydrogen) atoms. The van der Waals surface area contributed by atoms with E-state index in [1.807, 2.05) is 0 Å². The van der Waals surface area contributed by atoms with Crippen LogP contribution in [-0.4, -0.2) is 7.05 Å². The monoisotopic (exact) mass is 271 g/mol. The molecule has 0 aliphatic heterocycles. The van der Waals surface area contributed by atoms with Gasteiger partial charge in [-0.1, -0.05) is 19.8 Å². The lowest BCUT2D eigenvalue weighted by Gasteiger charge is -2.33. The summed E-state index contributed by atoms with van der Waals surface area (Å²) in [5, 5.41) is 3.01. The van der Waals surface area contributed by atoms with Crippen LogP contribution in [0.15, 0.2) is 12.1 Å². The fourth-order valence-corrected chi connectivity index (χ4v) is 3.25. The van der Waals surface area contributed by atoms with Gasteiger partial charge in [-0.25, -0.2) is 13.2 Å². The zero-order chi connectivity index (χ0) is 14.0. The predicted octanol–water partition coefficient (Wildman–Crippen LogP) is 4.19. The Hall–Kier alpha value is -1.03. The molecule has 1 aromatic rings. The maximum atomic E-state index is 13.9. The molecule has 1 saturated carbocycles. The molecule has 0 amide bonds. The highest BCUT2D eigenvalue weighted by Gasteiger charge is 2.30. The summed E-state index contributed by atoms with van der Waals surface area (Å²) >= 11 is 0. The second-order valence-corrected chi connectivity index (χ2v) is 5.58. The Labute approximate surface area is 112 Å². The molecule has 0 saturated heterocycles. The molecule has 106 valence electrons. The molecule has 1 aliphatic rings. The molecule has 3 atom stereocenters. The molecular weight excluding hydrogens is 251 g/mol. The van der Waals surface area contributed by atoms with Gasteiger partial charge in [-0.3, -0.25) is 0 Å². The maximum Gasteiger partial charge on any atom is 0.133 e. The van der Waals surface area contributed by atoms with Gasteiger partial charge in [0.2, 0.25) is 0 Å². The van der Waals surface area contributed by atoms with Crippen molar-refractivity contribution in [1.82, 2.24) is 5.32 Å². The smallest absolute Gasteiger partial charge is 0.133 e. The number of nitrogens with one attached hydrogen (secondary N) is 1. The lowest BCUT2D eigenvalue weighted by atomic mass is 9.76. The molecule has 1 fully saturated rings. The molecule has 0 spiro atoms. The Bertz CT molecular complexity index is 424. The van der Waals surface area contributed by atoms with E-state index in [2.05, 4.69) is 12.2 Å². The Kier molecular flexibility index (Phi) is 4.50. The van der Waals surface area contributed by atoms with Crippen LogP contribution in [0.25, 0.3) is 0 Å². The molecule has 0 aromatic heterocycles. The highest BCUT2D eigenvalue weighted by molar-refractivity contribution is 5.25. The van der Waals surface area contributed by atoms with Crippen molar-refractivity contribution in [2.45, 2.75) is 38.6 Å². The van der Waals surface area contributed by atoms with Gasteiger partial charge >= 0.3 is 0 Å². The van der Waals surface area contributed by atoms with Crippen LogP contribution in [0.3, 0.4) is 0 Å². The number of hydrogen-bond acceptors (Lipinski definition) is 1. The molecule has 2 rings (SSSR count). The minimum absolute atomic E-state index is 0.0250. The Morgan fingerprint density at radius 1 is 1.16 bits per heavy atom. The van der Waals surface area contributed by atoms with Gasteiger partial charge in [0, 0.05) is 23.7 Å². The summed E-state index contributed by atoms with van der Waals surface area (Å²) in [5.41, 5.74) is -0.0250. The summed E-state index contributed by atoms with van der Waals surface area (Å²) in [7, 11) is 1.70. The Morgan fingerprint density at radius 3 is 2.32 bits per heavy atom. The molecule has 0 bridgehead atoms. The third-order valence-corrected chi connectivity index (χ3v) is 4.11. The fraction of sp³-hybridized carbons (Fsp3) is 0.600. The summed E-state index contributed by atoms with van der Waals surface area (Å²) in [6, 6.07) is 1.13. The Balaban J connectivity index is 2.31. The van der Waals surface area contributed by atoms with Crippen molar-refractivity contribution in [3.63, 3.8) is 0 Å². The SMILES string of the molecule is CNC(c1c(F)cc(F)cc1F)C1CCCC(C)C1. The van der Waals surface area contributed by atoms with Crippen molar-refractivity contribution >= 4 is 0 Å². The minimum atomic E-state index is -0.870. The average molecular weight is 271 g/mol. The van der Waals surface area contributed by atoms with E-state index >= 15 is 0 Å². The summed E-state index contributed by atoms with van der Waals surface area (Å²) in [5.74, 6) is -1.69. The van der Waals surface area contributed by atoms with Gasteiger partial charge in [0.1, 0.15) is 17.5 Å². The number of rotatable bonds is 3. The predicted molar refractivity (Wildman–Crippen MR) is 69.2 cm³/mol. The molecule has 1 nitrogen and oxygen atoms in total. The largest absolute Gasteiger partial charge is 0.313 e. The van der Waals surface area contributed by atoms with Crippen LogP contribution in [0.2, 0.25) is 0 Å². The summed E-state index contributed by atoms with van der Waals surface area (Å²) in [6.45, 7) is 2.16. The van der Waals surface area contributed by atoms with Crippen molar-refractivity contribution in [3.05, 3.63) is 35.1 Å². The van der Waals surface area contributed by atoms with Crippen molar-refractivity contribution in [2.75, 3.05) is 7.05 Å². The number of halogens is 3. The zero-order valence-electron chi connectivity index (χ0n) is 11.3. The molecule has 3 unspecified atom stereocenters. The van der Waals surface area contributed by atoms with E-state index in [1.54, 1.807) is 7.05 Å². The maximum absolute atomic E-state index is 13.9. The normalized spacial score (nSPS) is 25.3. The van der Waals surface area contributed by atoms with E-state index in [0.29, 0.717) is 5.92 Å². The van der Waals surface area contributed by atoms with Crippen LogP contribution in [0.5, 0.6) is 0 Å². The van der Waals surface area contributed by atoms with Gasteiger partial charge in [0.25, 0.3) is 0 Å². The third kappa shape index (κ3) is 3.11. The average Bonchev–Trinajstić information content (AvgIpc) is 2.33. The molecule has 0 heterocycles. The molecule has 1 N–H and O–H groups in total. The Morgan fingerprint density at radius 2 is 1.79 bits per heavy atom. The second-order valence-electron chi connectivity index (χ2n) is 5.58. The number of benzene rings is 1. The summed E-state index contributed by atoms with van der Waals surface area (Å²) in [6.07, 6.45) is 4.14. The highest BCUT2D eigenvalue weighted by atomic mass is 19.1. The van der Waals surface area contributed by atoms with Crippen molar-refractivity contribution < 1.29 is 13.2 Å². The van der Waals surface area contributed by atoms with E-state index < -0.39 is 17.5 Å². The molecule has 4 heteroatoms. The first-order valence-electron chi connectivity index (χ1n) is 6.84. The topological polar surface area (TPSA) is 12.0 Å². The van der Waals surface area contributed by atoms with Crippen molar-refractivity contribution in [1.29, 1.82) is 0 Å². The van der Waals surface area contributed by atoms with Crippen LogP contribution < -0.4 is 5.32 Å². The first kappa shape index (κ1) is 14.4. The molecule has 1 aromatic carbocycles. The highest BCUT2D eigenvalue weighted by Crippen LogP contribution is 2.38. The fourth-order valence-electron chi connectivity index (χ4n) is 3.25. The summed E-state index contributed by atoms with van der Waals surface area (Å²) in [4.78, 5) is 0. The van der Waals surface area contributed by atoms with Gasteiger partial charge in [0.15, 0.2) is 0 Å². The lowest BCUT2D eigenvalue weighted by molar-refractivity contribution is 0.223. The lowest BCUT2D eigenvalue weighted by Crippen LogP contribution is -2.30. The van der Waals surface area contributed by atoms with Crippen LogP contribution in [0.4, 0.5) is 13.2 Å². The van der Waals surface area contributed by atoms with Crippen molar-refractivity contribution in [3.8, 4) is 0 Å². The summed E-state index contributed by atoms with van der Waals surface area (Å²) < 4.78 is 40.7. The quantitative estimate of drug-likeness (QED) is 0.869. The van der Waals surface area contributed by atoms with Gasteiger partial charge in [-0.05, 0) is 31.7 Å². The minimum Gasteiger partial charge on any atom is -0.313 e. The second kappa shape index (κ2) is 5.95. The van der Waals surface area contributed by atoms with Crippen LogP contribution in [-0.2, 0) is 0 Å². The van der Waals surface area contributed by atoms with Gasteiger partial charge in [-0.15, -0.1) is 0 Å². The third-order valence-electron chi connectivity index (χ3n) is 4.11. The standard InChI is InChI=1S/C15H20F3N/c1-9-4-3-5-10(6-9)15(19-2)14-12(17)7-11(16)8-13(14)18/h7-10,15,19H,3-6H2,1-2H3. The zero-order valence-corrected chi connectivity index (χ0v) is 11.3. The van der Waals surface area contributed by atoms with Crippen molar-refractivity contribution in [2.24, 2.45) is 11.8 Å². The van der Waals surface area contributed by atoms with E-state index in [0.717, 1.165) is 31.4 Å². The van der Waals surface area contributed by atoms with Crippen LogP contribution in [0, 0.1) is 29.3 Å². The van der Waals surface area contributed by atoms with Gasteiger partial charge in [-0.2, -0.15) is 0 Å².